The number of hydrogen-bond donors (Lipinski definition) is 1. The summed E-state index contributed by atoms with van der Waals surface area (Å²) in [6, 6.07) is 14.8. The summed E-state index contributed by atoms with van der Waals surface area (Å²) < 4.78 is 12.2. The van der Waals surface area contributed by atoms with Gasteiger partial charge in [-0.3, -0.25) is 9.59 Å². The number of amides is 1. The molecule has 3 rings (SSSR count). The zero-order valence-corrected chi connectivity index (χ0v) is 16.3. The van der Waals surface area contributed by atoms with Gasteiger partial charge in [0.05, 0.1) is 22.6 Å². The molecule has 0 aliphatic rings. The largest absolute Gasteiger partial charge is 0.494 e. The van der Waals surface area contributed by atoms with Gasteiger partial charge >= 0.3 is 5.97 Å². The van der Waals surface area contributed by atoms with E-state index in [4.69, 9.17) is 9.47 Å². The number of rotatable bonds is 8. The van der Waals surface area contributed by atoms with Crippen LogP contribution in [0.3, 0.4) is 0 Å². The quantitative estimate of drug-likeness (QED) is 0.454. The summed E-state index contributed by atoms with van der Waals surface area (Å²) in [4.78, 5) is 28.2. The second-order valence-corrected chi connectivity index (χ2v) is 7.66. The van der Waals surface area contributed by atoms with E-state index in [-0.39, 0.29) is 12.4 Å². The highest BCUT2D eigenvalue weighted by Gasteiger charge is 2.11. The number of ether oxygens (including phenoxy) is 2. The Morgan fingerprint density at radius 3 is 2.67 bits per heavy atom. The molecule has 27 heavy (non-hydrogen) atoms. The summed E-state index contributed by atoms with van der Waals surface area (Å²) in [6.45, 7) is 2.16. The highest BCUT2D eigenvalue weighted by atomic mass is 32.2. The number of hydrogen-bond acceptors (Lipinski definition) is 7. The van der Waals surface area contributed by atoms with Gasteiger partial charge in [0.2, 0.25) is 0 Å². The van der Waals surface area contributed by atoms with Crippen LogP contribution in [0, 0.1) is 0 Å². The van der Waals surface area contributed by atoms with Gasteiger partial charge in [-0.25, -0.2) is 4.98 Å². The Morgan fingerprint density at radius 2 is 1.93 bits per heavy atom. The van der Waals surface area contributed by atoms with Gasteiger partial charge in [0.25, 0.3) is 5.91 Å². The van der Waals surface area contributed by atoms with Crippen LogP contribution in [0.25, 0.3) is 10.2 Å². The van der Waals surface area contributed by atoms with Gasteiger partial charge in [-0.05, 0) is 43.3 Å². The highest BCUT2D eigenvalue weighted by molar-refractivity contribution is 8.01. The van der Waals surface area contributed by atoms with Crippen molar-refractivity contribution in [3.8, 4) is 5.75 Å². The van der Waals surface area contributed by atoms with Gasteiger partial charge in [-0.1, -0.05) is 23.9 Å². The lowest BCUT2D eigenvalue weighted by Crippen LogP contribution is -2.21. The molecule has 0 radical (unpaired) electrons. The first kappa shape index (κ1) is 19.2. The Labute approximate surface area is 164 Å². The van der Waals surface area contributed by atoms with Crippen LogP contribution in [0.4, 0.5) is 5.69 Å². The number of carbonyl (C=O) groups is 2. The first-order chi connectivity index (χ1) is 13.1. The number of aromatic nitrogens is 1. The monoisotopic (exact) mass is 402 g/mol. The molecule has 3 aromatic rings. The lowest BCUT2D eigenvalue weighted by molar-refractivity contribution is -0.144. The van der Waals surface area contributed by atoms with E-state index in [0.29, 0.717) is 12.3 Å². The Balaban J connectivity index is 1.41. The molecule has 0 saturated heterocycles. The number of benzene rings is 2. The standard InChI is InChI=1S/C19H18N2O4S2/c1-2-24-14-9-7-13(8-10-14)20-17(22)11-25-18(23)12-26-19-21-15-5-3-4-6-16(15)27-19/h3-10H,2,11-12H2,1H3,(H,20,22). The van der Waals surface area contributed by atoms with Crippen molar-refractivity contribution in [2.24, 2.45) is 0 Å². The van der Waals surface area contributed by atoms with Crippen molar-refractivity contribution in [1.82, 2.24) is 4.98 Å². The number of carbonyl (C=O) groups excluding carboxylic acids is 2. The SMILES string of the molecule is CCOc1ccc(NC(=O)COC(=O)CSc2nc3ccccc3s2)cc1. The van der Waals surface area contributed by atoms with E-state index in [9.17, 15) is 9.59 Å². The molecule has 0 atom stereocenters. The van der Waals surface area contributed by atoms with Crippen molar-refractivity contribution in [2.75, 3.05) is 24.3 Å². The van der Waals surface area contributed by atoms with Crippen LogP contribution >= 0.6 is 23.1 Å². The maximum Gasteiger partial charge on any atom is 0.316 e. The maximum atomic E-state index is 11.9. The van der Waals surface area contributed by atoms with E-state index in [2.05, 4.69) is 10.3 Å². The highest BCUT2D eigenvalue weighted by Crippen LogP contribution is 2.29. The van der Waals surface area contributed by atoms with Crippen molar-refractivity contribution >= 4 is 50.9 Å². The van der Waals surface area contributed by atoms with Crippen LogP contribution < -0.4 is 10.1 Å². The molecule has 2 aromatic carbocycles. The van der Waals surface area contributed by atoms with Crippen LogP contribution in [-0.4, -0.2) is 35.8 Å². The maximum absolute atomic E-state index is 11.9. The normalized spacial score (nSPS) is 10.6. The predicted octanol–water partition coefficient (Wildman–Crippen LogP) is 3.97. The fourth-order valence-electron chi connectivity index (χ4n) is 2.22. The Hall–Kier alpha value is -2.58. The lowest BCUT2D eigenvalue weighted by atomic mass is 10.3. The van der Waals surface area contributed by atoms with Crippen LogP contribution in [0.2, 0.25) is 0 Å². The molecule has 0 fully saturated rings. The minimum absolute atomic E-state index is 0.107. The second-order valence-electron chi connectivity index (χ2n) is 5.40. The lowest BCUT2D eigenvalue weighted by Gasteiger charge is -2.07. The molecule has 140 valence electrons. The zero-order valence-electron chi connectivity index (χ0n) is 14.6. The molecule has 6 nitrogen and oxygen atoms in total. The van der Waals surface area contributed by atoms with Crippen molar-refractivity contribution < 1.29 is 19.1 Å². The fourth-order valence-corrected chi connectivity index (χ4v) is 4.09. The third kappa shape index (κ3) is 5.70. The molecule has 0 spiro atoms. The summed E-state index contributed by atoms with van der Waals surface area (Å²) in [5.74, 6) is -0.0109. The fraction of sp³-hybridized carbons (Fsp3) is 0.211. The molecule has 8 heteroatoms. The third-order valence-corrected chi connectivity index (χ3v) is 5.55. The molecule has 0 unspecified atom stereocenters. The molecule has 0 aliphatic heterocycles. The minimum atomic E-state index is -0.457. The average Bonchev–Trinajstić information content (AvgIpc) is 3.09. The first-order valence-electron chi connectivity index (χ1n) is 8.31. The summed E-state index contributed by atoms with van der Waals surface area (Å²) in [5, 5.41) is 2.67. The number of thiazole rings is 1. The van der Waals surface area contributed by atoms with Crippen LogP contribution in [0.5, 0.6) is 5.75 Å². The average molecular weight is 402 g/mol. The van der Waals surface area contributed by atoms with Crippen LogP contribution in [-0.2, 0) is 14.3 Å². The first-order valence-corrected chi connectivity index (χ1v) is 10.1. The number of thioether (sulfide) groups is 1. The van der Waals surface area contributed by atoms with E-state index in [1.807, 2.05) is 31.2 Å². The van der Waals surface area contributed by atoms with E-state index in [1.54, 1.807) is 24.3 Å². The van der Waals surface area contributed by atoms with Gasteiger partial charge < -0.3 is 14.8 Å². The third-order valence-electron chi connectivity index (χ3n) is 3.40. The van der Waals surface area contributed by atoms with Crippen LogP contribution in [0.15, 0.2) is 52.9 Å². The smallest absolute Gasteiger partial charge is 0.316 e. The molecule has 0 saturated carbocycles. The molecule has 0 bridgehead atoms. The second kappa shape index (κ2) is 9.38. The van der Waals surface area contributed by atoms with Gasteiger partial charge in [0, 0.05) is 5.69 Å². The zero-order chi connectivity index (χ0) is 19.1. The predicted molar refractivity (Wildman–Crippen MR) is 108 cm³/mol. The van der Waals surface area contributed by atoms with Crippen molar-refractivity contribution in [2.45, 2.75) is 11.3 Å². The number of esters is 1. The van der Waals surface area contributed by atoms with E-state index in [0.717, 1.165) is 20.3 Å². The van der Waals surface area contributed by atoms with Gasteiger partial charge in [0.15, 0.2) is 10.9 Å². The summed E-state index contributed by atoms with van der Waals surface area (Å²) in [5.41, 5.74) is 1.52. The van der Waals surface area contributed by atoms with Gasteiger partial charge in [-0.15, -0.1) is 11.3 Å². The molecule has 1 amide bonds. The van der Waals surface area contributed by atoms with Gasteiger partial charge in [0.1, 0.15) is 5.75 Å². The Kier molecular flexibility index (Phi) is 6.67. The van der Waals surface area contributed by atoms with Crippen molar-refractivity contribution in [3.05, 3.63) is 48.5 Å². The summed E-state index contributed by atoms with van der Waals surface area (Å²) >= 11 is 2.83. The number of nitrogens with zero attached hydrogens (tertiary/aromatic N) is 1. The number of para-hydroxylation sites is 1. The molecule has 1 aromatic heterocycles. The summed E-state index contributed by atoms with van der Waals surface area (Å²) in [6.07, 6.45) is 0. The number of fused-ring (bicyclic) bond motifs is 1. The molecular weight excluding hydrogens is 384 g/mol. The molecule has 1 N–H and O–H groups in total. The van der Waals surface area contributed by atoms with Crippen LogP contribution in [0.1, 0.15) is 6.92 Å². The minimum Gasteiger partial charge on any atom is -0.494 e. The molecular formula is C19H18N2O4S2. The van der Waals surface area contributed by atoms with E-state index >= 15 is 0 Å². The topological polar surface area (TPSA) is 77.5 Å². The molecule has 1 heterocycles. The van der Waals surface area contributed by atoms with E-state index in [1.165, 1.54) is 23.1 Å². The Morgan fingerprint density at radius 1 is 1.15 bits per heavy atom. The Bertz CT molecular complexity index is 892. The van der Waals surface area contributed by atoms with E-state index < -0.39 is 11.9 Å². The van der Waals surface area contributed by atoms with Gasteiger partial charge in [-0.2, -0.15) is 0 Å². The number of anilines is 1. The van der Waals surface area contributed by atoms with Crippen molar-refractivity contribution in [3.63, 3.8) is 0 Å². The molecule has 0 aliphatic carbocycles. The van der Waals surface area contributed by atoms with Crippen molar-refractivity contribution in [1.29, 1.82) is 0 Å². The summed E-state index contributed by atoms with van der Waals surface area (Å²) in [7, 11) is 0. The number of nitrogens with one attached hydrogen (secondary N) is 1.